The molecule has 0 atom stereocenters. The Balaban J connectivity index is 2.05. The van der Waals surface area contributed by atoms with Crippen LogP contribution in [0.1, 0.15) is 44.4 Å². The van der Waals surface area contributed by atoms with E-state index >= 15 is 0 Å². The van der Waals surface area contributed by atoms with Crippen LogP contribution in [0.15, 0.2) is 41.8 Å². The van der Waals surface area contributed by atoms with E-state index in [1.165, 1.54) is 0 Å². The second-order valence-electron chi connectivity index (χ2n) is 8.45. The lowest BCUT2D eigenvalue weighted by atomic mass is 10.0. The van der Waals surface area contributed by atoms with E-state index < -0.39 is 11.7 Å². The van der Waals surface area contributed by atoms with Crippen molar-refractivity contribution >= 4 is 33.2 Å². The molecule has 5 nitrogen and oxygen atoms in total. The van der Waals surface area contributed by atoms with Gasteiger partial charge in [0.1, 0.15) is 24.7 Å². The molecule has 1 heterocycles. The third-order valence-electron chi connectivity index (χ3n) is 4.79. The molecule has 6 heteroatoms. The average Bonchev–Trinajstić information content (AvgIpc) is 3.10. The van der Waals surface area contributed by atoms with Crippen LogP contribution in [0.2, 0.25) is 0 Å². The van der Waals surface area contributed by atoms with E-state index in [1.807, 2.05) is 71.0 Å². The smallest absolute Gasteiger partial charge is 0.416 e. The number of hydrogen-bond donors (Lipinski definition) is 0. The summed E-state index contributed by atoms with van der Waals surface area (Å²) >= 11 is 1.66. The fourth-order valence-electron chi connectivity index (χ4n) is 3.36. The molecule has 0 bridgehead atoms. The van der Waals surface area contributed by atoms with Gasteiger partial charge in [-0.05, 0) is 63.6 Å². The van der Waals surface area contributed by atoms with Gasteiger partial charge in [-0.15, -0.1) is 11.3 Å². The molecule has 3 rings (SSSR count). The monoisotopic (exact) mass is 441 g/mol. The number of benzene rings is 2. The number of nitrogens with zero attached hydrogens (tertiary/aromatic N) is 1. The van der Waals surface area contributed by atoms with Crippen LogP contribution in [0.3, 0.4) is 0 Å². The summed E-state index contributed by atoms with van der Waals surface area (Å²) in [5, 5.41) is 3.23. The minimum Gasteiger partial charge on any atom is -0.487 e. The quantitative estimate of drug-likeness (QED) is 0.377. The molecule has 2 aromatic carbocycles. The van der Waals surface area contributed by atoms with Crippen LogP contribution >= 0.6 is 11.3 Å². The maximum atomic E-state index is 13.1. The molecular weight excluding hydrogens is 410 g/mol. The van der Waals surface area contributed by atoms with Crippen LogP contribution in [-0.2, 0) is 16.1 Å². The number of carbonyl (C=O) groups is 1. The van der Waals surface area contributed by atoms with E-state index in [9.17, 15) is 4.79 Å². The van der Waals surface area contributed by atoms with Crippen molar-refractivity contribution in [3.05, 3.63) is 58.5 Å². The second-order valence-corrected chi connectivity index (χ2v) is 9.33. The Morgan fingerprint density at radius 1 is 1.13 bits per heavy atom. The molecule has 0 saturated heterocycles. The predicted molar refractivity (Wildman–Crippen MR) is 127 cm³/mol. The summed E-state index contributed by atoms with van der Waals surface area (Å²) in [6, 6.07) is 12.0. The molecule has 0 N–H and O–H groups in total. The Hall–Kier alpha value is -2.57. The number of aryl methyl sites for hydroxylation is 2. The fourth-order valence-corrected chi connectivity index (χ4v) is 4.44. The van der Waals surface area contributed by atoms with Crippen molar-refractivity contribution in [2.45, 2.75) is 53.8 Å². The Morgan fingerprint density at radius 3 is 2.48 bits per heavy atom. The average molecular weight is 442 g/mol. The Morgan fingerprint density at radius 2 is 1.84 bits per heavy atom. The first-order valence-electron chi connectivity index (χ1n) is 10.5. The topological polar surface area (TPSA) is 48.0 Å². The van der Waals surface area contributed by atoms with Crippen LogP contribution in [0, 0.1) is 13.8 Å². The maximum absolute atomic E-state index is 13.1. The zero-order chi connectivity index (χ0) is 22.6. The molecule has 31 heavy (non-hydrogen) atoms. The van der Waals surface area contributed by atoms with Gasteiger partial charge >= 0.3 is 6.09 Å². The van der Waals surface area contributed by atoms with Gasteiger partial charge < -0.3 is 14.2 Å². The lowest BCUT2D eigenvalue weighted by Crippen LogP contribution is -2.38. The molecule has 3 aromatic rings. The number of ether oxygens (including phenoxy) is 3. The summed E-state index contributed by atoms with van der Waals surface area (Å²) in [4.78, 5) is 14.6. The van der Waals surface area contributed by atoms with E-state index in [1.54, 1.807) is 16.2 Å². The van der Waals surface area contributed by atoms with Gasteiger partial charge in [-0.2, -0.15) is 0 Å². The lowest BCUT2D eigenvalue weighted by molar-refractivity contribution is 0.0500. The molecule has 0 aliphatic rings. The van der Waals surface area contributed by atoms with Gasteiger partial charge in [0.05, 0.1) is 10.4 Å². The van der Waals surface area contributed by atoms with Crippen LogP contribution < -0.4 is 9.64 Å². The summed E-state index contributed by atoms with van der Waals surface area (Å²) in [5.74, 6) is 0.752. The molecule has 0 aliphatic heterocycles. The lowest BCUT2D eigenvalue weighted by Gasteiger charge is -2.29. The summed E-state index contributed by atoms with van der Waals surface area (Å²) in [6.45, 7) is 12.6. The zero-order valence-corrected chi connectivity index (χ0v) is 20.0. The van der Waals surface area contributed by atoms with Crippen molar-refractivity contribution in [3.63, 3.8) is 0 Å². The van der Waals surface area contributed by atoms with Crippen molar-refractivity contribution in [2.75, 3.05) is 18.2 Å². The minimum absolute atomic E-state index is 0.110. The van der Waals surface area contributed by atoms with Crippen LogP contribution in [-0.4, -0.2) is 25.0 Å². The van der Waals surface area contributed by atoms with E-state index in [0.29, 0.717) is 13.2 Å². The highest BCUT2D eigenvalue weighted by Crippen LogP contribution is 2.41. The Bertz CT molecular complexity index is 1040. The molecular formula is C25H31NO4S. The molecule has 0 aliphatic carbocycles. The minimum atomic E-state index is -0.607. The standard InChI is InChI=1S/C25H31NO4S/c1-7-28-16-26(24(27)30-25(4,5)6)20-13-21(29-14-19-11-9-8-10-12-19)23-22(18(20)3)17(2)15-31-23/h8-13,15H,7,14,16H2,1-6H3. The van der Waals surface area contributed by atoms with Crippen molar-refractivity contribution in [1.82, 2.24) is 0 Å². The van der Waals surface area contributed by atoms with E-state index in [-0.39, 0.29) is 6.73 Å². The fraction of sp³-hybridized carbons (Fsp3) is 0.400. The van der Waals surface area contributed by atoms with Crippen molar-refractivity contribution < 1.29 is 19.0 Å². The zero-order valence-electron chi connectivity index (χ0n) is 19.2. The van der Waals surface area contributed by atoms with E-state index in [4.69, 9.17) is 14.2 Å². The molecule has 1 amide bonds. The number of anilines is 1. The Kier molecular flexibility index (Phi) is 7.23. The van der Waals surface area contributed by atoms with Gasteiger partial charge in [-0.25, -0.2) is 4.79 Å². The third-order valence-corrected chi connectivity index (χ3v) is 5.90. The van der Waals surface area contributed by atoms with Gasteiger partial charge in [0.15, 0.2) is 0 Å². The number of amides is 1. The predicted octanol–water partition coefficient (Wildman–Crippen LogP) is 6.83. The van der Waals surface area contributed by atoms with Crippen LogP contribution in [0.25, 0.3) is 10.1 Å². The largest absolute Gasteiger partial charge is 0.487 e. The number of fused-ring (bicyclic) bond motifs is 1. The number of hydrogen-bond acceptors (Lipinski definition) is 5. The van der Waals surface area contributed by atoms with Crippen molar-refractivity contribution in [2.24, 2.45) is 0 Å². The highest BCUT2D eigenvalue weighted by atomic mass is 32.1. The number of thiophene rings is 1. The summed E-state index contributed by atoms with van der Waals surface area (Å²) in [5.41, 5.74) is 3.38. The summed E-state index contributed by atoms with van der Waals surface area (Å²) < 4.78 is 18.6. The molecule has 0 saturated carbocycles. The van der Waals surface area contributed by atoms with Gasteiger partial charge in [0.25, 0.3) is 0 Å². The molecule has 0 fully saturated rings. The first-order valence-corrected chi connectivity index (χ1v) is 11.4. The van der Waals surface area contributed by atoms with Gasteiger partial charge in [0.2, 0.25) is 0 Å². The van der Waals surface area contributed by atoms with Gasteiger partial charge in [-0.3, -0.25) is 4.90 Å². The first kappa shape index (κ1) is 23.1. The summed E-state index contributed by atoms with van der Waals surface area (Å²) in [7, 11) is 0. The Labute approximate surface area is 188 Å². The SMILES string of the molecule is CCOCN(C(=O)OC(C)(C)C)c1cc(OCc2ccccc2)c2scc(C)c2c1C. The molecule has 0 spiro atoms. The maximum Gasteiger partial charge on any atom is 0.416 e. The van der Waals surface area contributed by atoms with Crippen molar-refractivity contribution in [3.8, 4) is 5.75 Å². The highest BCUT2D eigenvalue weighted by molar-refractivity contribution is 7.17. The number of carbonyl (C=O) groups excluding carboxylic acids is 1. The van der Waals surface area contributed by atoms with E-state index in [0.717, 1.165) is 38.2 Å². The van der Waals surface area contributed by atoms with Crippen LogP contribution in [0.5, 0.6) is 5.75 Å². The molecule has 0 unspecified atom stereocenters. The molecule has 0 radical (unpaired) electrons. The molecule has 1 aromatic heterocycles. The van der Waals surface area contributed by atoms with E-state index in [2.05, 4.69) is 12.3 Å². The molecule has 166 valence electrons. The van der Waals surface area contributed by atoms with Gasteiger partial charge in [-0.1, -0.05) is 30.3 Å². The normalized spacial score (nSPS) is 11.5. The summed E-state index contributed by atoms with van der Waals surface area (Å²) in [6.07, 6.45) is -0.440. The third kappa shape index (κ3) is 5.57. The number of rotatable bonds is 7. The van der Waals surface area contributed by atoms with Crippen LogP contribution in [0.4, 0.5) is 10.5 Å². The first-order chi connectivity index (χ1) is 14.7. The van der Waals surface area contributed by atoms with Gasteiger partial charge in [0, 0.05) is 18.1 Å². The van der Waals surface area contributed by atoms with Crippen molar-refractivity contribution in [1.29, 1.82) is 0 Å². The highest BCUT2D eigenvalue weighted by Gasteiger charge is 2.27. The second kappa shape index (κ2) is 9.71.